The minimum atomic E-state index is -4.21. The molecule has 1 N–H and O–H groups in total. The summed E-state index contributed by atoms with van der Waals surface area (Å²) in [6, 6.07) is 29.5. The molecular weight excluding hydrogens is 690 g/mol. The largest absolute Gasteiger partial charge is 0.494 e. The lowest BCUT2D eigenvalue weighted by atomic mass is 10.0. The summed E-state index contributed by atoms with van der Waals surface area (Å²) < 4.78 is 36.0. The van der Waals surface area contributed by atoms with Crippen molar-refractivity contribution in [3.63, 3.8) is 0 Å². The van der Waals surface area contributed by atoms with Crippen molar-refractivity contribution in [2.45, 2.75) is 69.5 Å². The van der Waals surface area contributed by atoms with Crippen LogP contribution in [0.5, 0.6) is 5.75 Å². The number of halogens is 1. The van der Waals surface area contributed by atoms with Crippen LogP contribution in [-0.4, -0.2) is 50.4 Å². The molecule has 1 atom stereocenters. The average molecular weight is 733 g/mol. The molecule has 1 aliphatic carbocycles. The van der Waals surface area contributed by atoms with Crippen molar-refractivity contribution in [2.24, 2.45) is 0 Å². The highest BCUT2D eigenvalue weighted by atomic mass is 79.9. The molecule has 1 aliphatic rings. The summed E-state index contributed by atoms with van der Waals surface area (Å²) in [6.45, 7) is 3.91. The van der Waals surface area contributed by atoms with Crippen molar-refractivity contribution in [3.8, 4) is 5.75 Å². The molecule has 10 heteroatoms. The lowest BCUT2D eigenvalue weighted by molar-refractivity contribution is -0.140. The maximum Gasteiger partial charge on any atom is 0.264 e. The molecule has 0 bridgehead atoms. The highest BCUT2D eigenvalue weighted by Gasteiger charge is 2.35. The number of carbonyl (C=O) groups excluding carboxylic acids is 2. The maximum atomic E-state index is 14.7. The maximum absolute atomic E-state index is 14.7. The third-order valence-corrected chi connectivity index (χ3v) is 11.0. The van der Waals surface area contributed by atoms with Gasteiger partial charge in [0.1, 0.15) is 18.3 Å². The van der Waals surface area contributed by atoms with E-state index in [1.807, 2.05) is 68.4 Å². The van der Waals surface area contributed by atoms with E-state index in [0.29, 0.717) is 18.0 Å². The number of sulfonamides is 1. The van der Waals surface area contributed by atoms with E-state index in [9.17, 15) is 18.0 Å². The van der Waals surface area contributed by atoms with Gasteiger partial charge in [-0.05, 0) is 91.9 Å². The normalized spacial score (nSPS) is 13.9. The monoisotopic (exact) mass is 731 g/mol. The molecule has 0 heterocycles. The number of nitrogens with one attached hydrogen (secondary N) is 1. The standard InChI is InChI=1S/C38H42BrN3O5S/c1-3-47-34-21-19-33(20-22-34)42(48(45,46)35-23-17-31(39)18-24-35)27-37(43)41(26-30-14-8-7-11-28(30)2)36(25-29-12-5-4-6-13-29)38(44)40-32-15-9-10-16-32/h4-8,11-14,17-24,32,36H,3,9-10,15-16,25-27H2,1-2H3,(H,40,44)/t36-/m0/s1. The predicted molar refractivity (Wildman–Crippen MR) is 192 cm³/mol. The zero-order chi connectivity index (χ0) is 34.1. The van der Waals surface area contributed by atoms with Crippen LogP contribution >= 0.6 is 15.9 Å². The number of aryl methyl sites for hydroxylation is 1. The number of anilines is 1. The number of amides is 2. The van der Waals surface area contributed by atoms with Crippen molar-refractivity contribution in [1.29, 1.82) is 0 Å². The van der Waals surface area contributed by atoms with Gasteiger partial charge in [0.15, 0.2) is 0 Å². The first-order chi connectivity index (χ1) is 23.2. The van der Waals surface area contributed by atoms with Crippen LogP contribution in [0.3, 0.4) is 0 Å². The summed E-state index contributed by atoms with van der Waals surface area (Å²) in [5.41, 5.74) is 3.05. The van der Waals surface area contributed by atoms with Gasteiger partial charge in [-0.3, -0.25) is 13.9 Å². The van der Waals surface area contributed by atoms with Gasteiger partial charge in [-0.15, -0.1) is 0 Å². The minimum absolute atomic E-state index is 0.0395. The van der Waals surface area contributed by atoms with Crippen LogP contribution in [0.1, 0.15) is 49.3 Å². The van der Waals surface area contributed by atoms with E-state index in [-0.39, 0.29) is 29.8 Å². The summed E-state index contributed by atoms with van der Waals surface area (Å²) in [6.07, 6.45) is 4.16. The van der Waals surface area contributed by atoms with Gasteiger partial charge in [0.25, 0.3) is 10.0 Å². The van der Waals surface area contributed by atoms with E-state index in [1.165, 1.54) is 12.1 Å². The molecule has 4 aromatic rings. The Labute approximate surface area is 292 Å². The van der Waals surface area contributed by atoms with Gasteiger partial charge in [-0.25, -0.2) is 8.42 Å². The fourth-order valence-electron chi connectivity index (χ4n) is 6.03. The molecular formula is C38H42BrN3O5S. The molecule has 2 amide bonds. The highest BCUT2D eigenvalue weighted by Crippen LogP contribution is 2.28. The van der Waals surface area contributed by atoms with E-state index >= 15 is 0 Å². The second-order valence-electron chi connectivity index (χ2n) is 12.0. The zero-order valence-electron chi connectivity index (χ0n) is 27.3. The number of nitrogens with zero attached hydrogens (tertiary/aromatic N) is 2. The lowest BCUT2D eigenvalue weighted by Gasteiger charge is -2.34. The summed E-state index contributed by atoms with van der Waals surface area (Å²) in [5, 5.41) is 3.22. The predicted octanol–water partition coefficient (Wildman–Crippen LogP) is 7.05. The smallest absolute Gasteiger partial charge is 0.264 e. The Bertz CT molecular complexity index is 1780. The van der Waals surface area contributed by atoms with Crippen LogP contribution in [-0.2, 0) is 32.6 Å². The molecule has 1 saturated carbocycles. The Kier molecular flexibility index (Phi) is 11.9. The topological polar surface area (TPSA) is 96.0 Å². The Balaban J connectivity index is 1.57. The third kappa shape index (κ3) is 8.85. The van der Waals surface area contributed by atoms with Gasteiger partial charge in [0.2, 0.25) is 11.8 Å². The molecule has 252 valence electrons. The summed E-state index contributed by atoms with van der Waals surface area (Å²) in [7, 11) is -4.21. The van der Waals surface area contributed by atoms with E-state index in [1.54, 1.807) is 41.3 Å². The van der Waals surface area contributed by atoms with E-state index in [0.717, 1.165) is 51.2 Å². The summed E-state index contributed by atoms with van der Waals surface area (Å²) >= 11 is 3.38. The number of rotatable bonds is 14. The molecule has 8 nitrogen and oxygen atoms in total. The second kappa shape index (κ2) is 16.3. The third-order valence-electron chi connectivity index (χ3n) is 8.69. The van der Waals surface area contributed by atoms with Crippen molar-refractivity contribution in [2.75, 3.05) is 17.5 Å². The molecule has 1 fully saturated rings. The number of carbonyl (C=O) groups is 2. The Morgan fingerprint density at radius 3 is 2.19 bits per heavy atom. The van der Waals surface area contributed by atoms with Gasteiger partial charge < -0.3 is 15.0 Å². The Morgan fingerprint density at radius 1 is 0.896 bits per heavy atom. The molecule has 0 radical (unpaired) electrons. The first kappa shape index (κ1) is 35.2. The summed E-state index contributed by atoms with van der Waals surface area (Å²) in [4.78, 5) is 30.5. The second-order valence-corrected chi connectivity index (χ2v) is 14.8. The van der Waals surface area contributed by atoms with Crippen molar-refractivity contribution >= 4 is 43.5 Å². The number of ether oxygens (including phenoxy) is 1. The quantitative estimate of drug-likeness (QED) is 0.150. The van der Waals surface area contributed by atoms with E-state index in [4.69, 9.17) is 4.74 Å². The fraction of sp³-hybridized carbons (Fsp3) is 0.316. The first-order valence-corrected chi connectivity index (χ1v) is 18.6. The molecule has 0 saturated heterocycles. The van der Waals surface area contributed by atoms with Crippen LogP contribution in [0.2, 0.25) is 0 Å². The molecule has 4 aromatic carbocycles. The molecule has 48 heavy (non-hydrogen) atoms. The minimum Gasteiger partial charge on any atom is -0.494 e. The average Bonchev–Trinajstić information content (AvgIpc) is 3.60. The Hall–Kier alpha value is -4.15. The molecule has 5 rings (SSSR count). The molecule has 0 spiro atoms. The van der Waals surface area contributed by atoms with Crippen LogP contribution in [0.15, 0.2) is 112 Å². The first-order valence-electron chi connectivity index (χ1n) is 16.3. The van der Waals surface area contributed by atoms with Crippen molar-refractivity contribution < 1.29 is 22.7 Å². The molecule has 0 aromatic heterocycles. The van der Waals surface area contributed by atoms with Gasteiger partial charge in [0.05, 0.1) is 17.2 Å². The Morgan fingerprint density at radius 2 is 1.54 bits per heavy atom. The lowest BCUT2D eigenvalue weighted by Crippen LogP contribution is -2.54. The fourth-order valence-corrected chi connectivity index (χ4v) is 7.71. The van der Waals surface area contributed by atoms with Gasteiger partial charge in [-0.1, -0.05) is 83.4 Å². The van der Waals surface area contributed by atoms with Crippen LogP contribution < -0.4 is 14.4 Å². The number of hydrogen-bond donors (Lipinski definition) is 1. The van der Waals surface area contributed by atoms with Gasteiger partial charge in [0, 0.05) is 23.5 Å². The van der Waals surface area contributed by atoms with E-state index < -0.39 is 28.5 Å². The van der Waals surface area contributed by atoms with Crippen LogP contribution in [0, 0.1) is 6.92 Å². The number of benzene rings is 4. The SMILES string of the molecule is CCOc1ccc(N(CC(=O)N(Cc2ccccc2C)[C@@H](Cc2ccccc2)C(=O)NC2CCCC2)S(=O)(=O)c2ccc(Br)cc2)cc1. The summed E-state index contributed by atoms with van der Waals surface area (Å²) in [5.74, 6) is -0.146. The van der Waals surface area contributed by atoms with E-state index in [2.05, 4.69) is 21.2 Å². The number of hydrogen-bond acceptors (Lipinski definition) is 5. The van der Waals surface area contributed by atoms with Gasteiger partial charge in [-0.2, -0.15) is 0 Å². The van der Waals surface area contributed by atoms with Crippen LogP contribution in [0.4, 0.5) is 5.69 Å². The zero-order valence-corrected chi connectivity index (χ0v) is 29.8. The van der Waals surface area contributed by atoms with Crippen molar-refractivity contribution in [3.05, 3.63) is 124 Å². The highest BCUT2D eigenvalue weighted by molar-refractivity contribution is 9.10. The molecule has 0 aliphatic heterocycles. The molecule has 0 unspecified atom stereocenters. The van der Waals surface area contributed by atoms with Crippen molar-refractivity contribution in [1.82, 2.24) is 10.2 Å². The van der Waals surface area contributed by atoms with Gasteiger partial charge >= 0.3 is 0 Å². The van der Waals surface area contributed by atoms with Crippen LogP contribution in [0.25, 0.3) is 0 Å².